The Labute approximate surface area is 123 Å². The van der Waals surface area contributed by atoms with Gasteiger partial charge in [-0.2, -0.15) is 0 Å². The molecule has 2 heteroatoms. The SMILES string of the molecule is CCOC(=O)CC(C)C(C)(C)c1cc(C)c(C)c(C)c1. The predicted molar refractivity (Wildman–Crippen MR) is 84.1 cm³/mol. The Balaban J connectivity index is 3.00. The number of benzene rings is 1. The van der Waals surface area contributed by atoms with Crippen molar-refractivity contribution >= 4 is 5.97 Å². The topological polar surface area (TPSA) is 26.3 Å². The molecule has 0 aliphatic rings. The molecule has 2 nitrogen and oxygen atoms in total. The van der Waals surface area contributed by atoms with Crippen molar-refractivity contribution in [1.82, 2.24) is 0 Å². The minimum atomic E-state index is -0.103. The highest BCUT2D eigenvalue weighted by Crippen LogP contribution is 2.35. The maximum Gasteiger partial charge on any atom is 0.306 e. The Morgan fingerprint density at radius 2 is 1.70 bits per heavy atom. The van der Waals surface area contributed by atoms with Crippen molar-refractivity contribution < 1.29 is 9.53 Å². The van der Waals surface area contributed by atoms with Gasteiger partial charge in [-0.05, 0) is 61.3 Å². The minimum absolute atomic E-state index is 0.0457. The van der Waals surface area contributed by atoms with Gasteiger partial charge in [0.2, 0.25) is 0 Å². The second-order valence-corrected chi connectivity index (χ2v) is 6.37. The normalized spacial score (nSPS) is 13.2. The molecule has 1 unspecified atom stereocenters. The Kier molecular flexibility index (Phi) is 5.38. The zero-order chi connectivity index (χ0) is 15.5. The highest BCUT2D eigenvalue weighted by atomic mass is 16.5. The van der Waals surface area contributed by atoms with Gasteiger partial charge in [-0.25, -0.2) is 0 Å². The van der Waals surface area contributed by atoms with Crippen molar-refractivity contribution in [2.24, 2.45) is 5.92 Å². The Bertz CT molecular complexity index is 463. The predicted octanol–water partition coefficient (Wildman–Crippen LogP) is 4.48. The van der Waals surface area contributed by atoms with Crippen LogP contribution < -0.4 is 0 Å². The maximum atomic E-state index is 11.7. The first kappa shape index (κ1) is 16.7. The standard InChI is InChI=1S/C18H28O2/c1-8-20-17(19)11-14(4)18(6,7)16-9-12(2)15(5)13(3)10-16/h9-10,14H,8,11H2,1-7H3. The number of carbonyl (C=O) groups is 1. The number of aryl methyl sites for hydroxylation is 2. The van der Waals surface area contributed by atoms with E-state index in [0.29, 0.717) is 13.0 Å². The maximum absolute atomic E-state index is 11.7. The van der Waals surface area contributed by atoms with Crippen LogP contribution in [0.5, 0.6) is 0 Å². The summed E-state index contributed by atoms with van der Waals surface area (Å²) in [5.41, 5.74) is 5.24. The van der Waals surface area contributed by atoms with Crippen LogP contribution in [0.25, 0.3) is 0 Å². The first-order chi connectivity index (χ1) is 9.20. The monoisotopic (exact) mass is 276 g/mol. The Morgan fingerprint density at radius 1 is 1.20 bits per heavy atom. The van der Waals surface area contributed by atoms with Gasteiger partial charge in [0.1, 0.15) is 0 Å². The molecule has 1 aromatic carbocycles. The van der Waals surface area contributed by atoms with E-state index >= 15 is 0 Å². The molecule has 1 rings (SSSR count). The lowest BCUT2D eigenvalue weighted by molar-refractivity contribution is -0.144. The number of hydrogen-bond donors (Lipinski definition) is 0. The summed E-state index contributed by atoms with van der Waals surface area (Å²) >= 11 is 0. The van der Waals surface area contributed by atoms with Gasteiger partial charge in [-0.1, -0.05) is 32.9 Å². The molecule has 20 heavy (non-hydrogen) atoms. The summed E-state index contributed by atoms with van der Waals surface area (Å²) in [6, 6.07) is 4.51. The van der Waals surface area contributed by atoms with E-state index in [9.17, 15) is 4.79 Å². The molecule has 1 aromatic rings. The molecule has 0 aliphatic carbocycles. The first-order valence-corrected chi connectivity index (χ1v) is 7.44. The van der Waals surface area contributed by atoms with E-state index in [-0.39, 0.29) is 17.3 Å². The summed E-state index contributed by atoms with van der Waals surface area (Å²) in [7, 11) is 0. The Morgan fingerprint density at radius 3 is 2.15 bits per heavy atom. The fraction of sp³-hybridized carbons (Fsp3) is 0.611. The molecule has 112 valence electrons. The second-order valence-electron chi connectivity index (χ2n) is 6.37. The Hall–Kier alpha value is -1.31. The molecule has 0 fully saturated rings. The van der Waals surface area contributed by atoms with Crippen LogP contribution in [0.4, 0.5) is 0 Å². The van der Waals surface area contributed by atoms with Gasteiger partial charge in [0.15, 0.2) is 0 Å². The molecular weight excluding hydrogens is 248 g/mol. The highest BCUT2D eigenvalue weighted by Gasteiger charge is 2.30. The van der Waals surface area contributed by atoms with Gasteiger partial charge < -0.3 is 4.74 Å². The third-order valence-electron chi connectivity index (χ3n) is 4.68. The van der Waals surface area contributed by atoms with Crippen molar-refractivity contribution in [2.75, 3.05) is 6.61 Å². The van der Waals surface area contributed by atoms with Gasteiger partial charge in [0.05, 0.1) is 6.61 Å². The zero-order valence-corrected chi connectivity index (χ0v) is 14.0. The number of esters is 1. The number of rotatable bonds is 5. The molecule has 1 atom stereocenters. The van der Waals surface area contributed by atoms with Gasteiger partial charge in [-0.3, -0.25) is 4.79 Å². The van der Waals surface area contributed by atoms with Crippen molar-refractivity contribution in [3.8, 4) is 0 Å². The van der Waals surface area contributed by atoms with Crippen LogP contribution in [0.2, 0.25) is 0 Å². The van der Waals surface area contributed by atoms with E-state index in [2.05, 4.69) is 53.7 Å². The van der Waals surface area contributed by atoms with Gasteiger partial charge in [-0.15, -0.1) is 0 Å². The molecule has 0 N–H and O–H groups in total. The van der Waals surface area contributed by atoms with E-state index in [0.717, 1.165) is 0 Å². The van der Waals surface area contributed by atoms with E-state index in [1.165, 1.54) is 22.3 Å². The molecule has 0 saturated heterocycles. The molecule has 0 aromatic heterocycles. The summed E-state index contributed by atoms with van der Waals surface area (Å²) in [5.74, 6) is 0.136. The number of hydrogen-bond acceptors (Lipinski definition) is 2. The lowest BCUT2D eigenvalue weighted by atomic mass is 9.72. The van der Waals surface area contributed by atoms with Crippen LogP contribution in [0.1, 0.15) is 56.4 Å². The molecule has 0 radical (unpaired) electrons. The van der Waals surface area contributed by atoms with Crippen LogP contribution in [0.15, 0.2) is 12.1 Å². The molecule has 0 amide bonds. The third-order valence-corrected chi connectivity index (χ3v) is 4.68. The average Bonchev–Trinajstić information content (AvgIpc) is 2.35. The van der Waals surface area contributed by atoms with E-state index in [1.54, 1.807) is 0 Å². The van der Waals surface area contributed by atoms with Crippen LogP contribution in [-0.4, -0.2) is 12.6 Å². The molecule has 0 bridgehead atoms. The molecule has 0 aliphatic heterocycles. The summed E-state index contributed by atoms with van der Waals surface area (Å²) in [6.07, 6.45) is 0.465. The van der Waals surface area contributed by atoms with E-state index in [1.807, 2.05) is 6.92 Å². The molecular formula is C18H28O2. The smallest absolute Gasteiger partial charge is 0.306 e. The largest absolute Gasteiger partial charge is 0.466 e. The summed E-state index contributed by atoms with van der Waals surface area (Å²) in [4.78, 5) is 11.7. The second kappa shape index (κ2) is 6.43. The van der Waals surface area contributed by atoms with Crippen molar-refractivity contribution in [3.63, 3.8) is 0 Å². The lowest BCUT2D eigenvalue weighted by Gasteiger charge is -2.33. The highest BCUT2D eigenvalue weighted by molar-refractivity contribution is 5.69. The van der Waals surface area contributed by atoms with Crippen LogP contribution in [0, 0.1) is 26.7 Å². The van der Waals surface area contributed by atoms with Gasteiger partial charge >= 0.3 is 5.97 Å². The van der Waals surface area contributed by atoms with Crippen LogP contribution >= 0.6 is 0 Å². The van der Waals surface area contributed by atoms with Crippen LogP contribution in [-0.2, 0) is 14.9 Å². The van der Waals surface area contributed by atoms with Crippen LogP contribution in [0.3, 0.4) is 0 Å². The molecule has 0 heterocycles. The zero-order valence-electron chi connectivity index (χ0n) is 14.0. The fourth-order valence-electron chi connectivity index (χ4n) is 2.42. The van der Waals surface area contributed by atoms with E-state index < -0.39 is 0 Å². The molecule has 0 spiro atoms. The third kappa shape index (κ3) is 3.62. The summed E-state index contributed by atoms with van der Waals surface area (Å²) < 4.78 is 5.07. The summed E-state index contributed by atoms with van der Waals surface area (Å²) in [5, 5.41) is 0. The number of carbonyl (C=O) groups excluding carboxylic acids is 1. The average molecular weight is 276 g/mol. The van der Waals surface area contributed by atoms with Crippen molar-refractivity contribution in [3.05, 3.63) is 34.4 Å². The number of ether oxygens (including phenoxy) is 1. The van der Waals surface area contributed by atoms with E-state index in [4.69, 9.17) is 4.74 Å². The van der Waals surface area contributed by atoms with Crippen molar-refractivity contribution in [2.45, 2.75) is 60.3 Å². The van der Waals surface area contributed by atoms with Crippen molar-refractivity contribution in [1.29, 1.82) is 0 Å². The lowest BCUT2D eigenvalue weighted by Crippen LogP contribution is -2.29. The first-order valence-electron chi connectivity index (χ1n) is 7.44. The quantitative estimate of drug-likeness (QED) is 0.741. The minimum Gasteiger partial charge on any atom is -0.466 e. The fourth-order valence-corrected chi connectivity index (χ4v) is 2.42. The van der Waals surface area contributed by atoms with Gasteiger partial charge in [0.25, 0.3) is 0 Å². The summed E-state index contributed by atoms with van der Waals surface area (Å²) in [6.45, 7) is 15.3. The molecule has 0 saturated carbocycles. The van der Waals surface area contributed by atoms with Gasteiger partial charge in [0, 0.05) is 6.42 Å².